The van der Waals surface area contributed by atoms with Crippen LogP contribution in [0.5, 0.6) is 0 Å². The number of halogens is 6. The Balaban J connectivity index is 1.50. The van der Waals surface area contributed by atoms with Gasteiger partial charge in [-0.15, -0.1) is 23.2 Å². The first-order chi connectivity index (χ1) is 14.6. The molecule has 10 heteroatoms. The van der Waals surface area contributed by atoms with Gasteiger partial charge in [-0.1, -0.05) is 46.4 Å². The van der Waals surface area contributed by atoms with Crippen molar-refractivity contribution < 1.29 is 9.59 Å². The first-order valence-electron chi connectivity index (χ1n) is 9.53. The molecule has 0 radical (unpaired) electrons. The number of alkyl halides is 2. The van der Waals surface area contributed by atoms with E-state index in [-0.39, 0.29) is 32.6 Å². The number of anilines is 1. The maximum absolute atomic E-state index is 12.9. The molecule has 0 aromatic heterocycles. The van der Waals surface area contributed by atoms with Crippen LogP contribution in [0.25, 0.3) is 0 Å². The molecule has 0 unspecified atom stereocenters. The smallest absolute Gasteiger partial charge is 0.253 e. The van der Waals surface area contributed by atoms with E-state index in [1.54, 1.807) is 24.3 Å². The van der Waals surface area contributed by atoms with E-state index in [2.05, 4.69) is 10.6 Å². The highest BCUT2D eigenvalue weighted by Gasteiger charge is 2.67. The minimum absolute atomic E-state index is 0.167. The van der Waals surface area contributed by atoms with Crippen LogP contribution in [0.4, 0.5) is 5.69 Å². The predicted octanol–water partition coefficient (Wildman–Crippen LogP) is 7.11. The van der Waals surface area contributed by atoms with Gasteiger partial charge in [0.25, 0.3) is 5.91 Å². The number of hydrogen-bond acceptors (Lipinski definition) is 2. The van der Waals surface area contributed by atoms with Crippen molar-refractivity contribution in [2.45, 2.75) is 35.6 Å². The average Bonchev–Trinajstić information content (AvgIpc) is 3.26. The molecule has 2 fully saturated rings. The van der Waals surface area contributed by atoms with Crippen LogP contribution in [0.3, 0.4) is 0 Å². The number of carbonyl (C=O) groups excluding carboxylic acids is 2. The second-order valence-corrected chi connectivity index (χ2v) is 10.8. The molecule has 31 heavy (non-hydrogen) atoms. The molecule has 2 atom stereocenters. The molecule has 4 rings (SSSR count). The summed E-state index contributed by atoms with van der Waals surface area (Å²) in [4.78, 5) is 25.4. The van der Waals surface area contributed by atoms with Gasteiger partial charge in [0, 0.05) is 17.6 Å². The van der Waals surface area contributed by atoms with E-state index >= 15 is 0 Å². The van der Waals surface area contributed by atoms with E-state index < -0.39 is 22.1 Å². The Labute approximate surface area is 209 Å². The topological polar surface area (TPSA) is 58.2 Å². The van der Waals surface area contributed by atoms with Crippen molar-refractivity contribution in [3.63, 3.8) is 0 Å². The summed E-state index contributed by atoms with van der Waals surface area (Å²) in [6, 6.07) is 8.06. The Morgan fingerprint density at radius 3 is 2.16 bits per heavy atom. The normalized spacial score (nSPS) is 21.9. The van der Waals surface area contributed by atoms with Crippen molar-refractivity contribution >= 4 is 87.1 Å². The summed E-state index contributed by atoms with van der Waals surface area (Å²) in [6.45, 7) is 0. The quantitative estimate of drug-likeness (QED) is 0.313. The van der Waals surface area contributed by atoms with Crippen molar-refractivity contribution in [2.75, 3.05) is 5.32 Å². The Morgan fingerprint density at radius 1 is 0.935 bits per heavy atom. The highest BCUT2D eigenvalue weighted by Crippen LogP contribution is 2.65. The van der Waals surface area contributed by atoms with Crippen LogP contribution >= 0.6 is 69.6 Å². The highest BCUT2D eigenvalue weighted by atomic mass is 35.5. The summed E-state index contributed by atoms with van der Waals surface area (Å²) in [6.07, 6.45) is 3.00. The Morgan fingerprint density at radius 2 is 1.58 bits per heavy atom. The van der Waals surface area contributed by atoms with Gasteiger partial charge in [0.2, 0.25) is 5.91 Å². The van der Waals surface area contributed by atoms with Gasteiger partial charge in [-0.05, 0) is 55.2 Å². The zero-order chi connectivity index (χ0) is 22.5. The second kappa shape index (κ2) is 8.81. The van der Waals surface area contributed by atoms with Crippen LogP contribution in [-0.2, 0) is 4.79 Å². The maximum Gasteiger partial charge on any atom is 0.253 e. The molecule has 2 amide bonds. The molecular weight excluding hydrogens is 525 g/mol. The monoisotopic (exact) mass is 538 g/mol. The second-order valence-electron chi connectivity index (χ2n) is 7.71. The SMILES string of the molecule is O=C(NC1CCC1)c1cc(NC(=O)[C@@H]2[C@@H](c3cc(Cl)c(Cl)c(Cl)c3)C2(Cl)Cl)ccc1Cl. The summed E-state index contributed by atoms with van der Waals surface area (Å²) in [7, 11) is 0. The lowest BCUT2D eigenvalue weighted by molar-refractivity contribution is -0.117. The number of hydrogen-bond donors (Lipinski definition) is 2. The van der Waals surface area contributed by atoms with Crippen LogP contribution in [0.1, 0.15) is 41.1 Å². The first-order valence-corrected chi connectivity index (χ1v) is 11.8. The molecule has 0 bridgehead atoms. The summed E-state index contributed by atoms with van der Waals surface area (Å²) in [5.74, 6) is -1.93. The van der Waals surface area contributed by atoms with E-state index in [0.29, 0.717) is 16.3 Å². The van der Waals surface area contributed by atoms with E-state index in [9.17, 15) is 9.59 Å². The first kappa shape index (κ1) is 23.3. The average molecular weight is 541 g/mol. The molecule has 2 aliphatic rings. The third-order valence-electron chi connectivity index (χ3n) is 5.62. The van der Waals surface area contributed by atoms with Crippen LogP contribution in [0, 0.1) is 5.92 Å². The van der Waals surface area contributed by atoms with Gasteiger partial charge in [-0.25, -0.2) is 0 Å². The van der Waals surface area contributed by atoms with Gasteiger partial charge in [0.1, 0.15) is 4.33 Å². The van der Waals surface area contributed by atoms with Crippen LogP contribution < -0.4 is 10.6 Å². The molecule has 0 aliphatic heterocycles. The zero-order valence-electron chi connectivity index (χ0n) is 15.8. The van der Waals surface area contributed by atoms with Crippen molar-refractivity contribution in [3.05, 3.63) is 61.5 Å². The third-order valence-corrected chi connectivity index (χ3v) is 8.09. The summed E-state index contributed by atoms with van der Waals surface area (Å²) in [5, 5.41) is 6.71. The zero-order valence-corrected chi connectivity index (χ0v) is 20.4. The van der Waals surface area contributed by atoms with Gasteiger partial charge < -0.3 is 10.6 Å². The Bertz CT molecular complexity index is 1050. The molecule has 0 saturated heterocycles. The molecule has 0 heterocycles. The largest absolute Gasteiger partial charge is 0.349 e. The minimum Gasteiger partial charge on any atom is -0.349 e. The molecule has 0 spiro atoms. The van der Waals surface area contributed by atoms with E-state index in [4.69, 9.17) is 69.6 Å². The molecule has 2 N–H and O–H groups in total. The minimum atomic E-state index is -1.33. The number of nitrogens with one attached hydrogen (secondary N) is 2. The molecule has 2 saturated carbocycles. The summed E-state index contributed by atoms with van der Waals surface area (Å²) < 4.78 is -1.33. The molecule has 2 aromatic carbocycles. The highest BCUT2D eigenvalue weighted by molar-refractivity contribution is 6.54. The number of amides is 2. The van der Waals surface area contributed by atoms with Gasteiger partial charge >= 0.3 is 0 Å². The predicted molar refractivity (Wildman–Crippen MR) is 127 cm³/mol. The maximum atomic E-state index is 12.9. The van der Waals surface area contributed by atoms with E-state index in [0.717, 1.165) is 19.3 Å². The fraction of sp³-hybridized carbons (Fsp3) is 0.333. The van der Waals surface area contributed by atoms with Gasteiger partial charge in [0.15, 0.2) is 0 Å². The Hall–Kier alpha value is -0.880. The Kier molecular flexibility index (Phi) is 6.62. The standard InChI is InChI=1S/C21H16Cl6N2O2/c22-13-5-4-11(8-12(13)19(30)28-10-2-1-3-10)29-20(31)17-16(21(17,26)27)9-6-14(23)18(25)15(24)7-9/h4-8,10,16-17H,1-3H2,(H,28,30)(H,29,31)/t16-,17+/m1/s1. The van der Waals surface area contributed by atoms with E-state index in [1.807, 2.05) is 0 Å². The van der Waals surface area contributed by atoms with Gasteiger partial charge in [-0.2, -0.15) is 0 Å². The fourth-order valence-electron chi connectivity index (χ4n) is 3.64. The molecular formula is C21H16Cl6N2O2. The fourth-order valence-corrected chi connectivity index (χ4v) is 5.28. The third kappa shape index (κ3) is 4.62. The lowest BCUT2D eigenvalue weighted by Crippen LogP contribution is -2.39. The van der Waals surface area contributed by atoms with Crippen molar-refractivity contribution in [1.29, 1.82) is 0 Å². The number of carbonyl (C=O) groups is 2. The van der Waals surface area contributed by atoms with Crippen LogP contribution in [0.15, 0.2) is 30.3 Å². The van der Waals surface area contributed by atoms with Crippen molar-refractivity contribution in [2.24, 2.45) is 5.92 Å². The lowest BCUT2D eigenvalue weighted by atomic mass is 9.93. The molecule has 2 aliphatic carbocycles. The van der Waals surface area contributed by atoms with E-state index in [1.165, 1.54) is 6.07 Å². The summed E-state index contributed by atoms with van der Waals surface area (Å²) >= 11 is 37.2. The lowest BCUT2D eigenvalue weighted by Gasteiger charge is -2.26. The summed E-state index contributed by atoms with van der Waals surface area (Å²) in [5.41, 5.74) is 1.31. The number of rotatable bonds is 5. The van der Waals surface area contributed by atoms with Gasteiger partial charge in [-0.3, -0.25) is 9.59 Å². The van der Waals surface area contributed by atoms with Crippen LogP contribution in [-0.4, -0.2) is 22.2 Å². The van der Waals surface area contributed by atoms with Gasteiger partial charge in [0.05, 0.1) is 31.6 Å². The van der Waals surface area contributed by atoms with Crippen LogP contribution in [0.2, 0.25) is 20.1 Å². The molecule has 4 nitrogen and oxygen atoms in total. The molecule has 2 aromatic rings. The molecule has 164 valence electrons. The van der Waals surface area contributed by atoms with Crippen molar-refractivity contribution in [3.8, 4) is 0 Å². The van der Waals surface area contributed by atoms with Crippen molar-refractivity contribution in [1.82, 2.24) is 5.32 Å². The number of benzene rings is 2.